The quantitative estimate of drug-likeness (QED) is 0.382. The van der Waals surface area contributed by atoms with Gasteiger partial charge in [-0.3, -0.25) is 9.59 Å². The molecule has 3 heterocycles. The van der Waals surface area contributed by atoms with Crippen LogP contribution in [0.5, 0.6) is 0 Å². The van der Waals surface area contributed by atoms with Crippen molar-refractivity contribution in [1.82, 2.24) is 14.4 Å². The minimum Gasteiger partial charge on any atom is -0.334 e. The van der Waals surface area contributed by atoms with Crippen LogP contribution in [0.15, 0.2) is 78.2 Å². The number of carbonyl (C=O) groups excluding carboxylic acids is 2. The zero-order valence-corrected chi connectivity index (χ0v) is 20.2. The van der Waals surface area contributed by atoms with Gasteiger partial charge in [0, 0.05) is 43.2 Å². The highest BCUT2D eigenvalue weighted by Crippen LogP contribution is 2.27. The number of piperazine rings is 1. The van der Waals surface area contributed by atoms with Crippen LogP contribution in [-0.4, -0.2) is 51.9 Å². The summed E-state index contributed by atoms with van der Waals surface area (Å²) in [6, 6.07) is 23.9. The molecule has 1 atom stereocenters. The average Bonchev–Trinajstić information content (AvgIpc) is 3.47. The van der Waals surface area contributed by atoms with Crippen LogP contribution in [-0.2, 0) is 13.0 Å². The van der Waals surface area contributed by atoms with E-state index >= 15 is 0 Å². The van der Waals surface area contributed by atoms with Gasteiger partial charge < -0.3 is 14.4 Å². The molecule has 2 amide bonds. The van der Waals surface area contributed by atoms with E-state index in [1.54, 1.807) is 11.3 Å². The summed E-state index contributed by atoms with van der Waals surface area (Å²) in [7, 11) is 0. The number of thiophene rings is 1. The van der Waals surface area contributed by atoms with Crippen LogP contribution in [0.4, 0.5) is 0 Å². The van der Waals surface area contributed by atoms with Crippen molar-refractivity contribution in [2.75, 3.05) is 19.6 Å². The van der Waals surface area contributed by atoms with Gasteiger partial charge in [-0.15, -0.1) is 11.3 Å². The smallest absolute Gasteiger partial charge is 0.270 e. The third-order valence-electron chi connectivity index (χ3n) is 6.61. The molecule has 0 radical (unpaired) electrons. The maximum atomic E-state index is 13.6. The number of aryl methyl sites for hydroxylation is 2. The molecule has 0 bridgehead atoms. The van der Waals surface area contributed by atoms with Gasteiger partial charge in [0.25, 0.3) is 11.8 Å². The van der Waals surface area contributed by atoms with Crippen molar-refractivity contribution < 1.29 is 9.59 Å². The first-order chi connectivity index (χ1) is 16.6. The Morgan fingerprint density at radius 1 is 0.941 bits per heavy atom. The summed E-state index contributed by atoms with van der Waals surface area (Å²) in [6.07, 6.45) is 1.96. The van der Waals surface area contributed by atoms with E-state index in [2.05, 4.69) is 40.3 Å². The van der Waals surface area contributed by atoms with E-state index in [4.69, 9.17) is 0 Å². The van der Waals surface area contributed by atoms with Crippen LogP contribution in [0.2, 0.25) is 0 Å². The van der Waals surface area contributed by atoms with Gasteiger partial charge in [0.05, 0.1) is 0 Å². The normalized spacial score (nSPS) is 16.2. The number of carbonyl (C=O) groups is 2. The van der Waals surface area contributed by atoms with Gasteiger partial charge in [0.15, 0.2) is 0 Å². The Morgan fingerprint density at radius 3 is 2.41 bits per heavy atom. The number of benzene rings is 2. The molecule has 1 saturated heterocycles. The molecule has 0 spiro atoms. The van der Waals surface area contributed by atoms with Gasteiger partial charge in [-0.1, -0.05) is 48.5 Å². The lowest BCUT2D eigenvalue weighted by Gasteiger charge is -2.40. The van der Waals surface area contributed by atoms with Gasteiger partial charge in [-0.25, -0.2) is 0 Å². The number of fused-ring (bicyclic) bond motifs is 1. The largest absolute Gasteiger partial charge is 0.334 e. The van der Waals surface area contributed by atoms with E-state index in [-0.39, 0.29) is 17.9 Å². The van der Waals surface area contributed by atoms with Crippen molar-refractivity contribution in [3.8, 4) is 0 Å². The lowest BCUT2D eigenvalue weighted by Crippen LogP contribution is -2.55. The summed E-state index contributed by atoms with van der Waals surface area (Å²) in [5.74, 6) is 0.0896. The zero-order chi connectivity index (χ0) is 23.5. The molecule has 0 N–H and O–H groups in total. The van der Waals surface area contributed by atoms with Gasteiger partial charge in [0.2, 0.25) is 0 Å². The molecule has 1 aliphatic rings. The van der Waals surface area contributed by atoms with Gasteiger partial charge in [0.1, 0.15) is 10.5 Å². The molecule has 4 aromatic rings. The lowest BCUT2D eigenvalue weighted by atomic mass is 10.1. The van der Waals surface area contributed by atoms with E-state index in [0.29, 0.717) is 25.2 Å². The van der Waals surface area contributed by atoms with Crippen LogP contribution in [0.25, 0.3) is 10.2 Å². The van der Waals surface area contributed by atoms with Crippen molar-refractivity contribution in [1.29, 1.82) is 0 Å². The highest BCUT2D eigenvalue weighted by atomic mass is 32.1. The van der Waals surface area contributed by atoms with E-state index in [0.717, 1.165) is 35.3 Å². The predicted octanol–water partition coefficient (Wildman–Crippen LogP) is 5.32. The standard InChI is InChI=1S/C28H29N3O2S/c1-21-20-29(16-17-30(21)26(32)23-12-6-3-7-13-23)27(33)25-19-24-14-18-34-28(24)31(25)15-8-11-22-9-4-2-5-10-22/h2-7,9-10,12-14,18-19,21H,8,11,15-17,20H2,1H3/t21-/m0/s1. The highest BCUT2D eigenvalue weighted by Gasteiger charge is 2.32. The van der Waals surface area contributed by atoms with E-state index in [1.807, 2.05) is 59.2 Å². The molecule has 174 valence electrons. The first-order valence-corrected chi connectivity index (χ1v) is 12.8. The minimum absolute atomic E-state index is 0.0324. The molecule has 6 heteroatoms. The van der Waals surface area contributed by atoms with Crippen LogP contribution in [0, 0.1) is 0 Å². The Labute approximate surface area is 204 Å². The van der Waals surface area contributed by atoms with E-state index in [9.17, 15) is 9.59 Å². The average molecular weight is 472 g/mol. The number of amides is 2. The van der Waals surface area contributed by atoms with Crippen LogP contribution in [0.1, 0.15) is 39.8 Å². The second-order valence-corrected chi connectivity index (χ2v) is 9.81. The third kappa shape index (κ3) is 4.50. The van der Waals surface area contributed by atoms with Gasteiger partial charge in [-0.05, 0) is 55.0 Å². The highest BCUT2D eigenvalue weighted by molar-refractivity contribution is 7.16. The fourth-order valence-corrected chi connectivity index (χ4v) is 5.74. The summed E-state index contributed by atoms with van der Waals surface area (Å²) in [6.45, 7) is 4.47. The van der Waals surface area contributed by atoms with Gasteiger partial charge >= 0.3 is 0 Å². The maximum Gasteiger partial charge on any atom is 0.270 e. The molecular weight excluding hydrogens is 442 g/mol. The van der Waals surface area contributed by atoms with E-state index in [1.165, 1.54) is 5.56 Å². The molecule has 5 nitrogen and oxygen atoms in total. The molecule has 0 unspecified atom stereocenters. The number of aromatic nitrogens is 1. The number of hydrogen-bond donors (Lipinski definition) is 0. The summed E-state index contributed by atoms with van der Waals surface area (Å²) >= 11 is 1.69. The maximum absolute atomic E-state index is 13.6. The summed E-state index contributed by atoms with van der Waals surface area (Å²) in [5.41, 5.74) is 2.77. The molecule has 1 aliphatic heterocycles. The van der Waals surface area contributed by atoms with Crippen molar-refractivity contribution in [3.05, 3.63) is 95.0 Å². The minimum atomic E-state index is -0.0342. The molecule has 5 rings (SSSR count). The molecule has 2 aromatic heterocycles. The van der Waals surface area contributed by atoms with E-state index < -0.39 is 0 Å². The Balaban J connectivity index is 1.29. The first-order valence-electron chi connectivity index (χ1n) is 11.9. The van der Waals surface area contributed by atoms with Crippen molar-refractivity contribution in [2.45, 2.75) is 32.4 Å². The van der Waals surface area contributed by atoms with Crippen molar-refractivity contribution in [3.63, 3.8) is 0 Å². The molecular formula is C28H29N3O2S. The topological polar surface area (TPSA) is 45.6 Å². The van der Waals surface area contributed by atoms with Crippen molar-refractivity contribution in [2.24, 2.45) is 0 Å². The SMILES string of the molecule is C[C@H]1CN(C(=O)c2cc3ccsc3n2CCCc2ccccc2)CCN1C(=O)c1ccccc1. The summed E-state index contributed by atoms with van der Waals surface area (Å²) in [5, 5.41) is 3.21. The first kappa shape index (κ1) is 22.4. The zero-order valence-electron chi connectivity index (χ0n) is 19.4. The molecule has 34 heavy (non-hydrogen) atoms. The summed E-state index contributed by atoms with van der Waals surface area (Å²) in [4.78, 5) is 31.5. The molecule has 2 aromatic carbocycles. The monoisotopic (exact) mass is 471 g/mol. The second-order valence-electron chi connectivity index (χ2n) is 8.92. The number of nitrogens with zero attached hydrogens (tertiary/aromatic N) is 3. The molecule has 1 fully saturated rings. The third-order valence-corrected chi connectivity index (χ3v) is 7.56. The molecule has 0 aliphatic carbocycles. The van der Waals surface area contributed by atoms with Crippen molar-refractivity contribution >= 4 is 33.4 Å². The van der Waals surface area contributed by atoms with Crippen LogP contribution in [0.3, 0.4) is 0 Å². The summed E-state index contributed by atoms with van der Waals surface area (Å²) < 4.78 is 2.19. The van der Waals surface area contributed by atoms with Gasteiger partial charge in [-0.2, -0.15) is 0 Å². The Morgan fingerprint density at radius 2 is 1.68 bits per heavy atom. The predicted molar refractivity (Wildman–Crippen MR) is 137 cm³/mol. The Hall–Kier alpha value is -3.38. The number of rotatable bonds is 6. The van der Waals surface area contributed by atoms with Crippen LogP contribution >= 0.6 is 11.3 Å². The Bertz CT molecular complexity index is 1280. The lowest BCUT2D eigenvalue weighted by molar-refractivity contribution is 0.0409. The Kier molecular flexibility index (Phi) is 6.50. The van der Waals surface area contributed by atoms with Crippen LogP contribution < -0.4 is 0 Å². The fraction of sp³-hybridized carbons (Fsp3) is 0.286. The molecule has 0 saturated carbocycles. The number of hydrogen-bond acceptors (Lipinski definition) is 3. The fourth-order valence-electron chi connectivity index (χ4n) is 4.81. The second kappa shape index (κ2) is 9.85.